The van der Waals surface area contributed by atoms with Crippen LogP contribution in [0.1, 0.15) is 17.2 Å². The molecular formula is C20H23FN2O2. The van der Waals surface area contributed by atoms with Gasteiger partial charge in [-0.3, -0.25) is 4.79 Å². The first-order chi connectivity index (χ1) is 12.0. The second-order valence-electron chi connectivity index (χ2n) is 5.88. The molecule has 0 heterocycles. The van der Waals surface area contributed by atoms with Crippen LogP contribution in [-0.2, 0) is 4.79 Å². The molecule has 1 N–H and O–H groups in total. The Morgan fingerprint density at radius 2 is 1.80 bits per heavy atom. The Labute approximate surface area is 147 Å². The summed E-state index contributed by atoms with van der Waals surface area (Å²) < 4.78 is 18.0. The molecule has 0 bridgehead atoms. The molecule has 0 saturated heterocycles. The maximum absolute atomic E-state index is 12.9. The predicted molar refractivity (Wildman–Crippen MR) is 97.9 cm³/mol. The summed E-state index contributed by atoms with van der Waals surface area (Å²) in [6, 6.07) is 13.8. The lowest BCUT2D eigenvalue weighted by atomic mass is 10.1. The van der Waals surface area contributed by atoms with E-state index >= 15 is 0 Å². The number of methoxy groups -OCH3 is 1. The third-order valence-electron chi connectivity index (χ3n) is 3.89. The average Bonchev–Trinajstić information content (AvgIpc) is 2.61. The molecule has 0 radical (unpaired) electrons. The normalized spacial score (nSPS) is 12.4. The van der Waals surface area contributed by atoms with E-state index in [1.807, 2.05) is 43.3 Å². The molecule has 132 valence electrons. The van der Waals surface area contributed by atoms with E-state index in [9.17, 15) is 9.18 Å². The molecule has 0 aliphatic heterocycles. The number of carbonyl (C=O) groups is 1. The fourth-order valence-corrected chi connectivity index (χ4v) is 2.43. The molecule has 0 spiro atoms. The largest absolute Gasteiger partial charge is 0.497 e. The molecule has 0 saturated carbocycles. The monoisotopic (exact) mass is 342 g/mol. The van der Waals surface area contributed by atoms with Crippen molar-refractivity contribution in [1.29, 1.82) is 0 Å². The van der Waals surface area contributed by atoms with Gasteiger partial charge in [-0.1, -0.05) is 24.3 Å². The molecule has 4 nitrogen and oxygen atoms in total. The van der Waals surface area contributed by atoms with Crippen LogP contribution in [0.2, 0.25) is 0 Å². The number of nitrogens with zero attached hydrogens (tertiary/aromatic N) is 1. The third-order valence-corrected chi connectivity index (χ3v) is 3.89. The van der Waals surface area contributed by atoms with Crippen LogP contribution in [0.5, 0.6) is 5.75 Å². The minimum absolute atomic E-state index is 0.0501. The predicted octanol–water partition coefficient (Wildman–Crippen LogP) is 3.27. The molecule has 1 unspecified atom stereocenters. The van der Waals surface area contributed by atoms with Crippen molar-refractivity contribution >= 4 is 12.0 Å². The Morgan fingerprint density at radius 1 is 1.16 bits per heavy atom. The summed E-state index contributed by atoms with van der Waals surface area (Å²) in [6.07, 6.45) is 3.11. The Kier molecular flexibility index (Phi) is 6.71. The van der Waals surface area contributed by atoms with E-state index in [1.165, 1.54) is 18.2 Å². The smallest absolute Gasteiger partial charge is 0.244 e. The van der Waals surface area contributed by atoms with Crippen molar-refractivity contribution in [2.75, 3.05) is 27.7 Å². The molecule has 0 aliphatic carbocycles. The van der Waals surface area contributed by atoms with Crippen LogP contribution in [0.15, 0.2) is 54.6 Å². The number of nitrogens with one attached hydrogen (secondary N) is 1. The number of hydrogen-bond acceptors (Lipinski definition) is 3. The van der Waals surface area contributed by atoms with E-state index in [0.717, 1.165) is 16.9 Å². The quantitative estimate of drug-likeness (QED) is 0.785. The Hall–Kier alpha value is -2.66. The molecule has 1 atom stereocenters. The van der Waals surface area contributed by atoms with Crippen molar-refractivity contribution < 1.29 is 13.9 Å². The topological polar surface area (TPSA) is 41.6 Å². The van der Waals surface area contributed by atoms with Gasteiger partial charge in [-0.05, 0) is 55.6 Å². The summed E-state index contributed by atoms with van der Waals surface area (Å²) in [6.45, 7) is 0.478. The number of rotatable bonds is 7. The zero-order valence-corrected chi connectivity index (χ0v) is 14.7. The van der Waals surface area contributed by atoms with Crippen LogP contribution in [0.3, 0.4) is 0 Å². The average molecular weight is 342 g/mol. The first-order valence-corrected chi connectivity index (χ1v) is 8.01. The molecule has 0 aromatic heterocycles. The summed E-state index contributed by atoms with van der Waals surface area (Å²) >= 11 is 0. The summed E-state index contributed by atoms with van der Waals surface area (Å²) in [7, 11) is 5.57. The minimum Gasteiger partial charge on any atom is -0.497 e. The highest BCUT2D eigenvalue weighted by atomic mass is 19.1. The first-order valence-electron chi connectivity index (χ1n) is 8.01. The van der Waals surface area contributed by atoms with E-state index in [0.29, 0.717) is 6.54 Å². The van der Waals surface area contributed by atoms with Crippen molar-refractivity contribution in [3.63, 3.8) is 0 Å². The number of hydrogen-bond donors (Lipinski definition) is 1. The number of carbonyl (C=O) groups excluding carboxylic acids is 1. The van der Waals surface area contributed by atoms with Gasteiger partial charge in [0.05, 0.1) is 13.2 Å². The van der Waals surface area contributed by atoms with Crippen molar-refractivity contribution in [1.82, 2.24) is 10.2 Å². The van der Waals surface area contributed by atoms with Crippen molar-refractivity contribution in [3.05, 3.63) is 71.6 Å². The highest BCUT2D eigenvalue weighted by molar-refractivity contribution is 5.91. The number of ether oxygens (including phenoxy) is 1. The van der Waals surface area contributed by atoms with Gasteiger partial charge in [0.2, 0.25) is 5.91 Å². The Morgan fingerprint density at radius 3 is 2.36 bits per heavy atom. The zero-order chi connectivity index (χ0) is 18.2. The van der Waals surface area contributed by atoms with Gasteiger partial charge in [0.15, 0.2) is 0 Å². The van der Waals surface area contributed by atoms with E-state index in [-0.39, 0.29) is 17.8 Å². The van der Waals surface area contributed by atoms with Crippen LogP contribution in [0.4, 0.5) is 4.39 Å². The van der Waals surface area contributed by atoms with Crippen LogP contribution in [-0.4, -0.2) is 38.6 Å². The maximum Gasteiger partial charge on any atom is 0.244 e. The Balaban J connectivity index is 1.95. The fourth-order valence-electron chi connectivity index (χ4n) is 2.43. The SMILES string of the molecule is COc1ccc(C(CNC(=O)/C=C/c2ccc(F)cc2)N(C)C)cc1. The van der Waals surface area contributed by atoms with Gasteiger partial charge >= 0.3 is 0 Å². The first kappa shape index (κ1) is 18.7. The lowest BCUT2D eigenvalue weighted by Crippen LogP contribution is -2.33. The number of amides is 1. The summed E-state index contributed by atoms with van der Waals surface area (Å²) in [5, 5.41) is 2.90. The molecule has 2 rings (SSSR count). The molecule has 0 aliphatic rings. The lowest BCUT2D eigenvalue weighted by Gasteiger charge is -2.25. The van der Waals surface area contributed by atoms with E-state index in [4.69, 9.17) is 4.74 Å². The second kappa shape index (κ2) is 8.99. The van der Waals surface area contributed by atoms with E-state index < -0.39 is 0 Å². The van der Waals surface area contributed by atoms with Gasteiger partial charge in [-0.15, -0.1) is 0 Å². The van der Waals surface area contributed by atoms with Gasteiger partial charge in [-0.25, -0.2) is 4.39 Å². The standard InChI is InChI=1S/C20H23FN2O2/c1-23(2)19(16-7-11-18(25-3)12-8-16)14-22-20(24)13-6-15-4-9-17(21)10-5-15/h4-13,19H,14H2,1-3H3,(H,22,24)/b13-6+. The Bertz CT molecular complexity index is 709. The third kappa shape index (κ3) is 5.72. The number of likely N-dealkylation sites (N-methyl/N-ethyl adjacent to an activating group) is 1. The summed E-state index contributed by atoms with van der Waals surface area (Å²) in [4.78, 5) is 14.1. The highest BCUT2D eigenvalue weighted by Gasteiger charge is 2.14. The van der Waals surface area contributed by atoms with Crippen molar-refractivity contribution in [3.8, 4) is 5.75 Å². The maximum atomic E-state index is 12.9. The second-order valence-corrected chi connectivity index (χ2v) is 5.88. The van der Waals surface area contributed by atoms with Crippen LogP contribution in [0.25, 0.3) is 6.08 Å². The molecule has 0 fully saturated rings. The van der Waals surface area contributed by atoms with Crippen molar-refractivity contribution in [2.24, 2.45) is 0 Å². The molecular weight excluding hydrogens is 319 g/mol. The van der Waals surface area contributed by atoms with Gasteiger partial charge in [0.1, 0.15) is 11.6 Å². The molecule has 25 heavy (non-hydrogen) atoms. The van der Waals surface area contributed by atoms with Gasteiger partial charge < -0.3 is 15.0 Å². The van der Waals surface area contributed by atoms with Gasteiger partial charge in [0, 0.05) is 12.6 Å². The minimum atomic E-state index is -0.296. The highest BCUT2D eigenvalue weighted by Crippen LogP contribution is 2.20. The van der Waals surface area contributed by atoms with Gasteiger partial charge in [0.25, 0.3) is 0 Å². The fraction of sp³-hybridized carbons (Fsp3) is 0.250. The van der Waals surface area contributed by atoms with Crippen LogP contribution < -0.4 is 10.1 Å². The van der Waals surface area contributed by atoms with E-state index in [2.05, 4.69) is 5.32 Å². The summed E-state index contributed by atoms with van der Waals surface area (Å²) in [5.74, 6) is 0.312. The molecule has 1 amide bonds. The molecule has 2 aromatic carbocycles. The van der Waals surface area contributed by atoms with Crippen LogP contribution >= 0.6 is 0 Å². The molecule has 2 aromatic rings. The van der Waals surface area contributed by atoms with Crippen LogP contribution in [0, 0.1) is 5.82 Å². The molecule has 5 heteroatoms. The van der Waals surface area contributed by atoms with Crippen molar-refractivity contribution in [2.45, 2.75) is 6.04 Å². The lowest BCUT2D eigenvalue weighted by molar-refractivity contribution is -0.116. The van der Waals surface area contributed by atoms with E-state index in [1.54, 1.807) is 25.3 Å². The zero-order valence-electron chi connectivity index (χ0n) is 14.7. The number of halogens is 1. The van der Waals surface area contributed by atoms with Gasteiger partial charge in [-0.2, -0.15) is 0 Å². The number of benzene rings is 2. The summed E-state index contributed by atoms with van der Waals surface area (Å²) in [5.41, 5.74) is 1.87.